The van der Waals surface area contributed by atoms with Crippen LogP contribution < -0.4 is 5.73 Å². The lowest BCUT2D eigenvalue weighted by Gasteiger charge is -2.14. The zero-order valence-corrected chi connectivity index (χ0v) is 9.08. The highest BCUT2D eigenvalue weighted by Gasteiger charge is 2.35. The summed E-state index contributed by atoms with van der Waals surface area (Å²) in [7, 11) is 0. The van der Waals surface area contributed by atoms with E-state index in [1.807, 2.05) is 0 Å². The van der Waals surface area contributed by atoms with Gasteiger partial charge >= 0.3 is 0 Å². The van der Waals surface area contributed by atoms with E-state index in [0.717, 1.165) is 17.9 Å². The second-order valence-corrected chi connectivity index (χ2v) is 4.58. The van der Waals surface area contributed by atoms with Gasteiger partial charge in [0, 0.05) is 17.9 Å². The molecule has 0 amide bonds. The lowest BCUT2D eigenvalue weighted by Crippen LogP contribution is -2.17. The Morgan fingerprint density at radius 3 is 2.86 bits per heavy atom. The molecule has 0 spiro atoms. The summed E-state index contributed by atoms with van der Waals surface area (Å²) in [6.07, 6.45) is 0.997. The van der Waals surface area contributed by atoms with Crippen molar-refractivity contribution >= 4 is 0 Å². The molecule has 1 aromatic heterocycles. The highest BCUT2D eigenvalue weighted by atomic mass is 16.5. The molecule has 0 radical (unpaired) electrons. The van der Waals surface area contributed by atoms with Crippen LogP contribution in [0.2, 0.25) is 0 Å². The Kier molecular flexibility index (Phi) is 2.35. The third-order valence-electron chi connectivity index (χ3n) is 3.20. The molecule has 1 aliphatic carbocycles. The van der Waals surface area contributed by atoms with E-state index in [9.17, 15) is 0 Å². The van der Waals surface area contributed by atoms with Crippen LogP contribution in [0.4, 0.5) is 0 Å². The van der Waals surface area contributed by atoms with Crippen molar-refractivity contribution in [1.29, 1.82) is 0 Å². The van der Waals surface area contributed by atoms with Gasteiger partial charge in [0.2, 0.25) is 0 Å². The summed E-state index contributed by atoms with van der Waals surface area (Å²) >= 11 is 0. The largest absolute Gasteiger partial charge is 0.361 e. The SMILES string of the molecule is CC(C)c1noc2c1C(CN)C(C)C2. The van der Waals surface area contributed by atoms with Crippen molar-refractivity contribution in [2.75, 3.05) is 6.54 Å². The third-order valence-corrected chi connectivity index (χ3v) is 3.20. The molecule has 2 atom stereocenters. The van der Waals surface area contributed by atoms with Crippen LogP contribution in [0.25, 0.3) is 0 Å². The molecule has 2 rings (SSSR count). The molecule has 3 nitrogen and oxygen atoms in total. The minimum Gasteiger partial charge on any atom is -0.361 e. The fourth-order valence-electron chi connectivity index (χ4n) is 2.38. The Morgan fingerprint density at radius 1 is 1.57 bits per heavy atom. The summed E-state index contributed by atoms with van der Waals surface area (Å²) in [6.45, 7) is 7.23. The first-order valence-corrected chi connectivity index (χ1v) is 5.33. The summed E-state index contributed by atoms with van der Waals surface area (Å²) in [6, 6.07) is 0. The molecule has 2 unspecified atom stereocenters. The summed E-state index contributed by atoms with van der Waals surface area (Å²) < 4.78 is 5.37. The molecule has 3 heteroatoms. The number of hydrogen-bond donors (Lipinski definition) is 1. The zero-order valence-electron chi connectivity index (χ0n) is 9.08. The minimum atomic E-state index is 0.432. The predicted molar refractivity (Wildman–Crippen MR) is 55.3 cm³/mol. The van der Waals surface area contributed by atoms with Crippen molar-refractivity contribution in [2.45, 2.75) is 39.0 Å². The van der Waals surface area contributed by atoms with Gasteiger partial charge in [0.1, 0.15) is 5.76 Å². The van der Waals surface area contributed by atoms with Gasteiger partial charge in [-0.1, -0.05) is 25.9 Å². The van der Waals surface area contributed by atoms with Crippen molar-refractivity contribution in [1.82, 2.24) is 5.16 Å². The van der Waals surface area contributed by atoms with E-state index in [1.165, 1.54) is 5.56 Å². The van der Waals surface area contributed by atoms with Crippen LogP contribution >= 0.6 is 0 Å². The fraction of sp³-hybridized carbons (Fsp3) is 0.727. The summed E-state index contributed by atoms with van der Waals surface area (Å²) in [5, 5.41) is 4.14. The van der Waals surface area contributed by atoms with Gasteiger partial charge in [-0.05, 0) is 18.4 Å². The molecule has 0 aliphatic heterocycles. The lowest BCUT2D eigenvalue weighted by atomic mass is 9.91. The van der Waals surface area contributed by atoms with Gasteiger partial charge in [-0.2, -0.15) is 0 Å². The first-order chi connectivity index (χ1) is 6.65. The maximum absolute atomic E-state index is 5.80. The molecule has 1 aliphatic rings. The van der Waals surface area contributed by atoms with Crippen molar-refractivity contribution in [3.63, 3.8) is 0 Å². The van der Waals surface area contributed by atoms with Gasteiger partial charge in [0.15, 0.2) is 0 Å². The Morgan fingerprint density at radius 2 is 2.29 bits per heavy atom. The fourth-order valence-corrected chi connectivity index (χ4v) is 2.38. The first-order valence-electron chi connectivity index (χ1n) is 5.33. The molecule has 0 saturated carbocycles. The molecule has 1 heterocycles. The minimum absolute atomic E-state index is 0.432. The van der Waals surface area contributed by atoms with E-state index in [-0.39, 0.29) is 0 Å². The van der Waals surface area contributed by atoms with E-state index >= 15 is 0 Å². The Bertz CT molecular complexity index is 330. The van der Waals surface area contributed by atoms with Gasteiger partial charge < -0.3 is 10.3 Å². The molecule has 1 aromatic rings. The van der Waals surface area contributed by atoms with Crippen molar-refractivity contribution in [3.8, 4) is 0 Å². The normalized spacial score (nSPS) is 25.8. The molecule has 0 fully saturated rings. The summed E-state index contributed by atoms with van der Waals surface area (Å²) in [4.78, 5) is 0. The van der Waals surface area contributed by atoms with Crippen LogP contribution in [-0.4, -0.2) is 11.7 Å². The Labute approximate surface area is 84.7 Å². The second kappa shape index (κ2) is 3.39. The van der Waals surface area contributed by atoms with Crippen molar-refractivity contribution in [3.05, 3.63) is 17.0 Å². The molecule has 0 aromatic carbocycles. The maximum Gasteiger partial charge on any atom is 0.140 e. The van der Waals surface area contributed by atoms with Crippen molar-refractivity contribution in [2.24, 2.45) is 11.7 Å². The zero-order chi connectivity index (χ0) is 10.3. The maximum atomic E-state index is 5.80. The monoisotopic (exact) mass is 194 g/mol. The van der Waals surface area contributed by atoms with E-state index in [0.29, 0.717) is 24.3 Å². The highest BCUT2D eigenvalue weighted by molar-refractivity contribution is 5.35. The average molecular weight is 194 g/mol. The lowest BCUT2D eigenvalue weighted by molar-refractivity contribution is 0.360. The molecular weight excluding hydrogens is 176 g/mol. The Balaban J connectivity index is 2.42. The van der Waals surface area contributed by atoms with Gasteiger partial charge in [-0.3, -0.25) is 0 Å². The van der Waals surface area contributed by atoms with Crippen molar-refractivity contribution < 1.29 is 4.52 Å². The molecular formula is C11H18N2O. The van der Waals surface area contributed by atoms with Crippen LogP contribution in [0.15, 0.2) is 4.52 Å². The smallest absolute Gasteiger partial charge is 0.140 e. The van der Waals surface area contributed by atoms with E-state index < -0.39 is 0 Å². The van der Waals surface area contributed by atoms with E-state index in [1.54, 1.807) is 0 Å². The number of hydrogen-bond acceptors (Lipinski definition) is 3. The topological polar surface area (TPSA) is 52.0 Å². The summed E-state index contributed by atoms with van der Waals surface area (Å²) in [5.74, 6) is 2.56. The first kappa shape index (κ1) is 9.71. The van der Waals surface area contributed by atoms with Crippen LogP contribution in [-0.2, 0) is 6.42 Å². The number of nitrogens with two attached hydrogens (primary N) is 1. The average Bonchev–Trinajstić information content (AvgIpc) is 2.61. The van der Waals surface area contributed by atoms with Gasteiger partial charge in [0.25, 0.3) is 0 Å². The molecule has 78 valence electrons. The Hall–Kier alpha value is -0.830. The summed E-state index contributed by atoms with van der Waals surface area (Å²) in [5.41, 5.74) is 8.21. The number of nitrogens with zero attached hydrogens (tertiary/aromatic N) is 1. The number of aromatic nitrogens is 1. The number of rotatable bonds is 2. The van der Waals surface area contributed by atoms with Crippen LogP contribution in [0, 0.1) is 5.92 Å². The molecule has 0 bridgehead atoms. The number of fused-ring (bicyclic) bond motifs is 1. The molecule has 2 N–H and O–H groups in total. The van der Waals surface area contributed by atoms with Gasteiger partial charge in [-0.15, -0.1) is 0 Å². The standard InChI is InChI=1S/C11H18N2O/c1-6(2)11-10-8(5-12)7(3)4-9(10)14-13-11/h6-8H,4-5,12H2,1-3H3. The van der Waals surface area contributed by atoms with Gasteiger partial charge in [0.05, 0.1) is 5.69 Å². The predicted octanol–water partition coefficient (Wildman–Crippen LogP) is 2.03. The van der Waals surface area contributed by atoms with E-state index in [4.69, 9.17) is 10.3 Å². The van der Waals surface area contributed by atoms with Gasteiger partial charge in [-0.25, -0.2) is 0 Å². The van der Waals surface area contributed by atoms with Crippen LogP contribution in [0.3, 0.4) is 0 Å². The van der Waals surface area contributed by atoms with E-state index in [2.05, 4.69) is 25.9 Å². The molecule has 14 heavy (non-hydrogen) atoms. The second-order valence-electron chi connectivity index (χ2n) is 4.58. The van der Waals surface area contributed by atoms with Crippen LogP contribution in [0.1, 0.15) is 49.6 Å². The van der Waals surface area contributed by atoms with Crippen LogP contribution in [0.5, 0.6) is 0 Å². The quantitative estimate of drug-likeness (QED) is 0.783. The molecule has 0 saturated heterocycles. The highest BCUT2D eigenvalue weighted by Crippen LogP contribution is 2.41. The third kappa shape index (κ3) is 1.27.